The molecule has 1 N–H and O–H groups in total. The summed E-state index contributed by atoms with van der Waals surface area (Å²) in [6.45, 7) is 0.579. The van der Waals surface area contributed by atoms with E-state index in [1.165, 1.54) is 27.8 Å². The average Bonchev–Trinajstić information content (AvgIpc) is 3.13. The number of rotatable bonds is 7. The zero-order chi connectivity index (χ0) is 25.1. The van der Waals surface area contributed by atoms with Crippen molar-refractivity contribution in [1.82, 2.24) is 14.5 Å². The van der Waals surface area contributed by atoms with Gasteiger partial charge in [0.25, 0.3) is 17.7 Å². The Labute approximate surface area is 206 Å². The summed E-state index contributed by atoms with van der Waals surface area (Å²) < 4.78 is 1.47. The minimum Gasteiger partial charge on any atom is -0.322 e. The molecule has 5 rings (SSSR count). The van der Waals surface area contributed by atoms with Crippen molar-refractivity contribution in [2.45, 2.75) is 13.0 Å². The lowest BCUT2D eigenvalue weighted by atomic mass is 10.1. The first-order valence-corrected chi connectivity index (χ1v) is 11.5. The molecule has 1 aliphatic heterocycles. The van der Waals surface area contributed by atoms with Gasteiger partial charge in [-0.2, -0.15) is 0 Å². The molecular formula is C28H22N4O4. The molecule has 0 fully saturated rings. The first-order chi connectivity index (χ1) is 17.5. The van der Waals surface area contributed by atoms with Crippen molar-refractivity contribution in [2.24, 2.45) is 0 Å². The summed E-state index contributed by atoms with van der Waals surface area (Å²) in [7, 11) is 0. The number of anilines is 1. The molecule has 0 atom stereocenters. The van der Waals surface area contributed by atoms with E-state index in [4.69, 9.17) is 0 Å². The number of aromatic nitrogens is 2. The summed E-state index contributed by atoms with van der Waals surface area (Å²) in [4.78, 5) is 55.5. The van der Waals surface area contributed by atoms with Gasteiger partial charge >= 0.3 is 5.69 Å². The molecule has 0 unspecified atom stereocenters. The van der Waals surface area contributed by atoms with Crippen LogP contribution >= 0.6 is 0 Å². The molecule has 1 aliphatic rings. The van der Waals surface area contributed by atoms with Crippen LogP contribution in [0.15, 0.2) is 96.1 Å². The van der Waals surface area contributed by atoms with E-state index in [9.17, 15) is 19.2 Å². The van der Waals surface area contributed by atoms with Crippen LogP contribution in [-0.4, -0.2) is 38.7 Å². The second-order valence-corrected chi connectivity index (χ2v) is 8.44. The topological polar surface area (TPSA) is 101 Å². The average molecular weight is 479 g/mol. The highest BCUT2D eigenvalue weighted by molar-refractivity contribution is 6.22. The van der Waals surface area contributed by atoms with Gasteiger partial charge in [-0.15, -0.1) is 0 Å². The first kappa shape index (κ1) is 22.9. The van der Waals surface area contributed by atoms with Crippen LogP contribution in [0.1, 0.15) is 42.2 Å². The highest BCUT2D eigenvalue weighted by Crippen LogP contribution is 2.25. The van der Waals surface area contributed by atoms with Crippen LogP contribution < -0.4 is 11.0 Å². The number of nitrogens with one attached hydrogen (secondary N) is 1. The van der Waals surface area contributed by atoms with E-state index >= 15 is 0 Å². The third kappa shape index (κ3) is 4.69. The second kappa shape index (κ2) is 9.79. The molecule has 0 spiro atoms. The van der Waals surface area contributed by atoms with Gasteiger partial charge in [0.15, 0.2) is 0 Å². The third-order valence-corrected chi connectivity index (χ3v) is 6.02. The molecule has 36 heavy (non-hydrogen) atoms. The third-order valence-electron chi connectivity index (χ3n) is 6.02. The Morgan fingerprint density at radius 3 is 2.39 bits per heavy atom. The zero-order valence-corrected chi connectivity index (χ0v) is 19.3. The summed E-state index contributed by atoms with van der Waals surface area (Å²) in [5.74, 6) is -1.16. The van der Waals surface area contributed by atoms with E-state index in [0.29, 0.717) is 24.2 Å². The monoisotopic (exact) mass is 478 g/mol. The van der Waals surface area contributed by atoms with Crippen LogP contribution in [0.5, 0.6) is 0 Å². The van der Waals surface area contributed by atoms with Gasteiger partial charge in [-0.05, 0) is 53.9 Å². The lowest BCUT2D eigenvalue weighted by Gasteiger charge is -2.13. The molecule has 8 nitrogen and oxygen atoms in total. The number of amides is 3. The molecule has 0 saturated heterocycles. The normalized spacial score (nSPS) is 12.5. The smallest absolute Gasteiger partial charge is 0.322 e. The quantitative estimate of drug-likeness (QED) is 0.411. The molecule has 0 aliphatic carbocycles. The number of hydrogen-bond acceptors (Lipinski definition) is 5. The van der Waals surface area contributed by atoms with Crippen molar-refractivity contribution in [2.75, 3.05) is 11.9 Å². The lowest BCUT2D eigenvalue weighted by Crippen LogP contribution is -2.31. The fourth-order valence-electron chi connectivity index (χ4n) is 4.18. The number of hydrogen-bond donors (Lipinski definition) is 1. The van der Waals surface area contributed by atoms with Crippen molar-refractivity contribution in [3.05, 3.63) is 130 Å². The summed E-state index contributed by atoms with van der Waals surface area (Å²) >= 11 is 0. The minimum atomic E-state index is -0.406. The predicted octanol–water partition coefficient (Wildman–Crippen LogP) is 3.38. The molecule has 0 radical (unpaired) electrons. The molecule has 2 heterocycles. The van der Waals surface area contributed by atoms with Gasteiger partial charge < -0.3 is 5.32 Å². The maximum absolute atomic E-state index is 12.9. The first-order valence-electron chi connectivity index (χ1n) is 11.5. The Balaban J connectivity index is 1.29. The molecule has 1 aromatic heterocycles. The highest BCUT2D eigenvalue weighted by Gasteiger charge is 2.35. The van der Waals surface area contributed by atoms with Crippen LogP contribution in [0.25, 0.3) is 0 Å². The molecule has 3 aromatic carbocycles. The van der Waals surface area contributed by atoms with Gasteiger partial charge in [0.1, 0.15) is 0 Å². The van der Waals surface area contributed by atoms with Crippen LogP contribution in [0.2, 0.25) is 0 Å². The van der Waals surface area contributed by atoms with Crippen LogP contribution in [0.3, 0.4) is 0 Å². The number of carbonyl (C=O) groups is 3. The SMILES string of the molecule is O=C(Nc1cccc(Cn2cccnc2=O)c1)c1ccc2c(c1)C(=O)N(CCc1ccccc1)C2=O. The Kier molecular flexibility index (Phi) is 6.23. The van der Waals surface area contributed by atoms with Gasteiger partial charge in [0, 0.05) is 30.2 Å². The largest absolute Gasteiger partial charge is 0.347 e. The highest BCUT2D eigenvalue weighted by atomic mass is 16.2. The molecule has 0 saturated carbocycles. The fraction of sp³-hybridized carbons (Fsp3) is 0.107. The van der Waals surface area contributed by atoms with Crippen molar-refractivity contribution in [3.8, 4) is 0 Å². The Morgan fingerprint density at radius 1 is 0.806 bits per heavy atom. The molecule has 178 valence electrons. The maximum atomic E-state index is 12.9. The Hall–Kier alpha value is -4.85. The van der Waals surface area contributed by atoms with Crippen molar-refractivity contribution < 1.29 is 14.4 Å². The van der Waals surface area contributed by atoms with E-state index in [1.54, 1.807) is 36.5 Å². The molecule has 4 aromatic rings. The van der Waals surface area contributed by atoms with E-state index in [0.717, 1.165) is 11.1 Å². The number of imide groups is 1. The van der Waals surface area contributed by atoms with Gasteiger partial charge in [-0.3, -0.25) is 23.9 Å². The van der Waals surface area contributed by atoms with Crippen LogP contribution in [0, 0.1) is 0 Å². The second-order valence-electron chi connectivity index (χ2n) is 8.44. The van der Waals surface area contributed by atoms with Gasteiger partial charge in [-0.1, -0.05) is 42.5 Å². The standard InChI is InChI=1S/C28H22N4O4/c33-25(30-22-9-4-8-20(16-22)18-31-14-5-13-29-28(31)36)21-10-11-23-24(17-21)27(35)32(26(23)34)15-12-19-6-2-1-3-7-19/h1-11,13-14,16-17H,12,15,18H2,(H,30,33). The van der Waals surface area contributed by atoms with Gasteiger partial charge in [0.05, 0.1) is 17.7 Å². The fourth-order valence-corrected chi connectivity index (χ4v) is 4.18. The molecule has 0 bridgehead atoms. The maximum Gasteiger partial charge on any atom is 0.347 e. The number of carbonyl (C=O) groups excluding carboxylic acids is 3. The predicted molar refractivity (Wildman–Crippen MR) is 134 cm³/mol. The molecule has 8 heteroatoms. The van der Waals surface area contributed by atoms with Gasteiger partial charge in [0.2, 0.25) is 0 Å². The van der Waals surface area contributed by atoms with Gasteiger partial charge in [-0.25, -0.2) is 9.78 Å². The summed E-state index contributed by atoms with van der Waals surface area (Å²) in [6.07, 6.45) is 3.64. The van der Waals surface area contributed by atoms with E-state index < -0.39 is 11.8 Å². The van der Waals surface area contributed by atoms with Crippen LogP contribution in [-0.2, 0) is 13.0 Å². The number of fused-ring (bicyclic) bond motifs is 1. The lowest BCUT2D eigenvalue weighted by molar-refractivity contribution is 0.0656. The Bertz CT molecular complexity index is 1530. The van der Waals surface area contributed by atoms with Crippen molar-refractivity contribution in [1.29, 1.82) is 0 Å². The minimum absolute atomic E-state index is 0.227. The molecular weight excluding hydrogens is 456 g/mol. The number of nitrogens with zero attached hydrogens (tertiary/aromatic N) is 3. The summed E-state index contributed by atoms with van der Waals surface area (Å²) in [5.41, 5.74) is 2.83. The molecule has 3 amide bonds. The van der Waals surface area contributed by atoms with Crippen molar-refractivity contribution >= 4 is 23.4 Å². The van der Waals surface area contributed by atoms with E-state index in [-0.39, 0.29) is 29.3 Å². The summed E-state index contributed by atoms with van der Waals surface area (Å²) in [5, 5.41) is 2.82. The Morgan fingerprint density at radius 2 is 1.58 bits per heavy atom. The number of benzene rings is 3. The van der Waals surface area contributed by atoms with Crippen LogP contribution in [0.4, 0.5) is 5.69 Å². The zero-order valence-electron chi connectivity index (χ0n) is 19.3. The van der Waals surface area contributed by atoms with E-state index in [1.807, 2.05) is 36.4 Å². The van der Waals surface area contributed by atoms with E-state index in [2.05, 4.69) is 10.3 Å². The van der Waals surface area contributed by atoms with Crippen molar-refractivity contribution in [3.63, 3.8) is 0 Å². The summed E-state index contributed by atoms with van der Waals surface area (Å²) in [6, 6.07) is 23.0.